The number of hydrogen-bond acceptors (Lipinski definition) is 3. The Labute approximate surface area is 93.1 Å². The molecular formula is C10H15NO3S. The third kappa shape index (κ3) is 4.88. The van der Waals surface area contributed by atoms with Crippen LogP contribution in [0, 0.1) is 0 Å². The lowest BCUT2D eigenvalue weighted by Crippen LogP contribution is -2.38. The molecule has 0 aromatic carbocycles. The molecular weight excluding hydrogens is 214 g/mol. The van der Waals surface area contributed by atoms with Crippen LogP contribution >= 0.6 is 11.8 Å². The van der Waals surface area contributed by atoms with Crippen LogP contribution in [0.4, 0.5) is 0 Å². The topological polar surface area (TPSA) is 66.4 Å². The molecule has 0 aliphatic carbocycles. The Balaban J connectivity index is 2.29. The van der Waals surface area contributed by atoms with Gasteiger partial charge in [-0.05, 0) is 12.8 Å². The molecule has 5 heteroatoms. The van der Waals surface area contributed by atoms with E-state index in [0.29, 0.717) is 5.25 Å². The second-order valence-corrected chi connectivity index (χ2v) is 5.07. The maximum Gasteiger partial charge on any atom is 0.328 e. The normalized spacial score (nSPS) is 26.5. The van der Waals surface area contributed by atoms with Crippen LogP contribution in [-0.2, 0) is 9.59 Å². The van der Waals surface area contributed by atoms with E-state index in [1.165, 1.54) is 0 Å². The van der Waals surface area contributed by atoms with E-state index >= 15 is 0 Å². The van der Waals surface area contributed by atoms with Crippen molar-refractivity contribution in [2.24, 2.45) is 0 Å². The van der Waals surface area contributed by atoms with Gasteiger partial charge in [0.05, 0.1) is 0 Å². The first kappa shape index (κ1) is 12.1. The molecule has 2 unspecified atom stereocenters. The summed E-state index contributed by atoms with van der Waals surface area (Å²) >= 11 is 1.84. The van der Waals surface area contributed by atoms with Gasteiger partial charge in [-0.25, -0.2) is 4.79 Å². The molecule has 1 aliphatic rings. The number of carbonyl (C=O) groups excluding carboxylic acids is 1. The lowest BCUT2D eigenvalue weighted by molar-refractivity contribution is -0.131. The summed E-state index contributed by atoms with van der Waals surface area (Å²) in [6, 6.07) is 0.178. The van der Waals surface area contributed by atoms with E-state index in [1.807, 2.05) is 11.8 Å². The number of rotatable bonds is 3. The summed E-state index contributed by atoms with van der Waals surface area (Å²) in [5.41, 5.74) is 0. The molecule has 2 N–H and O–H groups in total. The van der Waals surface area contributed by atoms with E-state index in [0.717, 1.165) is 30.7 Å². The highest BCUT2D eigenvalue weighted by Crippen LogP contribution is 2.24. The van der Waals surface area contributed by atoms with Crippen molar-refractivity contribution >= 4 is 23.6 Å². The fourth-order valence-corrected chi connectivity index (χ4v) is 2.51. The van der Waals surface area contributed by atoms with Gasteiger partial charge in [0.2, 0.25) is 5.91 Å². The fraction of sp³-hybridized carbons (Fsp3) is 0.600. The molecule has 0 bridgehead atoms. The van der Waals surface area contributed by atoms with Crippen LogP contribution in [0.1, 0.15) is 19.8 Å². The summed E-state index contributed by atoms with van der Waals surface area (Å²) in [6.07, 6.45) is 3.98. The largest absolute Gasteiger partial charge is 0.478 e. The number of nitrogens with one attached hydrogen (secondary N) is 1. The zero-order valence-corrected chi connectivity index (χ0v) is 9.42. The summed E-state index contributed by atoms with van der Waals surface area (Å²) in [5, 5.41) is 11.8. The van der Waals surface area contributed by atoms with Gasteiger partial charge in [0.25, 0.3) is 0 Å². The molecule has 2 atom stereocenters. The van der Waals surface area contributed by atoms with Crippen molar-refractivity contribution in [1.29, 1.82) is 0 Å². The molecule has 0 aromatic rings. The van der Waals surface area contributed by atoms with Gasteiger partial charge in [-0.3, -0.25) is 4.79 Å². The lowest BCUT2D eigenvalue weighted by Gasteiger charge is -2.26. The minimum atomic E-state index is -1.10. The second-order valence-electron chi connectivity index (χ2n) is 3.60. The average molecular weight is 229 g/mol. The molecule has 4 nitrogen and oxygen atoms in total. The predicted molar refractivity (Wildman–Crippen MR) is 59.9 cm³/mol. The van der Waals surface area contributed by atoms with Gasteiger partial charge in [0.1, 0.15) is 0 Å². The number of carbonyl (C=O) groups is 2. The molecule has 1 saturated heterocycles. The van der Waals surface area contributed by atoms with Gasteiger partial charge in [-0.15, -0.1) is 0 Å². The number of carboxylic acid groups (broad SMARTS) is 1. The quantitative estimate of drug-likeness (QED) is 0.709. The molecule has 1 heterocycles. The lowest BCUT2D eigenvalue weighted by atomic mass is 10.1. The van der Waals surface area contributed by atoms with Gasteiger partial charge < -0.3 is 10.4 Å². The van der Waals surface area contributed by atoms with Crippen molar-refractivity contribution in [1.82, 2.24) is 5.32 Å². The SMILES string of the molecule is CC1CCC(NC(=O)/C=C/C(=O)O)CS1. The van der Waals surface area contributed by atoms with Crippen LogP contribution in [-0.4, -0.2) is 34.0 Å². The van der Waals surface area contributed by atoms with E-state index in [-0.39, 0.29) is 11.9 Å². The Kier molecular flexibility index (Phi) is 4.68. The smallest absolute Gasteiger partial charge is 0.328 e. The number of aliphatic carboxylic acids is 1. The second kappa shape index (κ2) is 5.80. The Morgan fingerprint density at radius 3 is 2.67 bits per heavy atom. The molecule has 1 amide bonds. The van der Waals surface area contributed by atoms with E-state index < -0.39 is 5.97 Å². The zero-order chi connectivity index (χ0) is 11.3. The highest BCUT2D eigenvalue weighted by molar-refractivity contribution is 7.99. The van der Waals surface area contributed by atoms with Crippen molar-refractivity contribution in [2.45, 2.75) is 31.1 Å². The Morgan fingerprint density at radius 1 is 1.40 bits per heavy atom. The molecule has 1 fully saturated rings. The summed E-state index contributed by atoms with van der Waals surface area (Å²) in [7, 11) is 0. The van der Waals surface area contributed by atoms with Crippen LogP contribution < -0.4 is 5.32 Å². The van der Waals surface area contributed by atoms with Crippen molar-refractivity contribution in [2.75, 3.05) is 5.75 Å². The van der Waals surface area contributed by atoms with Crippen LogP contribution in [0.3, 0.4) is 0 Å². The average Bonchev–Trinajstić information content (AvgIpc) is 2.19. The van der Waals surface area contributed by atoms with Crippen molar-refractivity contribution in [3.63, 3.8) is 0 Å². The van der Waals surface area contributed by atoms with Gasteiger partial charge >= 0.3 is 5.97 Å². The predicted octanol–water partition coefficient (Wildman–Crippen LogP) is 1.03. The van der Waals surface area contributed by atoms with Gasteiger partial charge in [-0.2, -0.15) is 11.8 Å². The number of carboxylic acids is 1. The van der Waals surface area contributed by atoms with Crippen LogP contribution in [0.5, 0.6) is 0 Å². The Bertz CT molecular complexity index is 270. The third-order valence-corrected chi connectivity index (χ3v) is 3.63. The summed E-state index contributed by atoms with van der Waals surface area (Å²) < 4.78 is 0. The molecule has 15 heavy (non-hydrogen) atoms. The van der Waals surface area contributed by atoms with Gasteiger partial charge in [0.15, 0.2) is 0 Å². The first-order valence-corrected chi connectivity index (χ1v) is 5.96. The minimum absolute atomic E-state index is 0.178. The van der Waals surface area contributed by atoms with E-state index in [9.17, 15) is 9.59 Å². The number of amides is 1. The van der Waals surface area contributed by atoms with Crippen molar-refractivity contribution < 1.29 is 14.7 Å². The Morgan fingerprint density at radius 2 is 2.13 bits per heavy atom. The highest BCUT2D eigenvalue weighted by atomic mass is 32.2. The molecule has 1 rings (SSSR count). The highest BCUT2D eigenvalue weighted by Gasteiger charge is 2.19. The van der Waals surface area contributed by atoms with E-state index in [1.54, 1.807) is 0 Å². The number of thioether (sulfide) groups is 1. The minimum Gasteiger partial charge on any atom is -0.478 e. The monoisotopic (exact) mass is 229 g/mol. The molecule has 0 radical (unpaired) electrons. The van der Waals surface area contributed by atoms with Gasteiger partial charge in [0, 0.05) is 29.2 Å². The van der Waals surface area contributed by atoms with E-state index in [4.69, 9.17) is 5.11 Å². The third-order valence-electron chi connectivity index (χ3n) is 2.23. The van der Waals surface area contributed by atoms with Crippen LogP contribution in [0.15, 0.2) is 12.2 Å². The van der Waals surface area contributed by atoms with Crippen molar-refractivity contribution in [3.05, 3.63) is 12.2 Å². The fourth-order valence-electron chi connectivity index (χ4n) is 1.39. The zero-order valence-electron chi connectivity index (χ0n) is 8.60. The maximum absolute atomic E-state index is 11.2. The molecule has 84 valence electrons. The first-order valence-electron chi connectivity index (χ1n) is 4.91. The molecule has 0 saturated carbocycles. The molecule has 1 aliphatic heterocycles. The first-order chi connectivity index (χ1) is 7.08. The van der Waals surface area contributed by atoms with Gasteiger partial charge in [-0.1, -0.05) is 6.92 Å². The van der Waals surface area contributed by atoms with E-state index in [2.05, 4.69) is 12.2 Å². The molecule has 0 spiro atoms. The van der Waals surface area contributed by atoms with Crippen LogP contribution in [0.2, 0.25) is 0 Å². The van der Waals surface area contributed by atoms with Crippen LogP contribution in [0.25, 0.3) is 0 Å². The Hall–Kier alpha value is -0.970. The molecule has 0 aromatic heterocycles. The maximum atomic E-state index is 11.2. The summed E-state index contributed by atoms with van der Waals surface area (Å²) in [6.45, 7) is 2.17. The standard InChI is InChI=1S/C10H15NO3S/c1-7-2-3-8(6-15-7)11-9(12)4-5-10(13)14/h4-5,7-8H,2-3,6H2,1H3,(H,11,12)(H,13,14)/b5-4+. The summed E-state index contributed by atoms with van der Waals surface area (Å²) in [5.74, 6) is -0.511. The summed E-state index contributed by atoms with van der Waals surface area (Å²) in [4.78, 5) is 21.4. The number of hydrogen-bond donors (Lipinski definition) is 2. The van der Waals surface area contributed by atoms with Crippen molar-refractivity contribution in [3.8, 4) is 0 Å².